The number of pyridine rings is 1. The van der Waals surface area contributed by atoms with Crippen molar-refractivity contribution < 1.29 is 27.5 Å². The summed E-state index contributed by atoms with van der Waals surface area (Å²) in [6, 6.07) is 11.5. The van der Waals surface area contributed by atoms with Crippen LogP contribution < -0.4 is 9.64 Å². The SMILES string of the molecule is Cc1ccc(N2C(=O)C(=NC(C)C)C(C(=O)c3ccc(C(C)C)cc3)C2c2ccc(OC(F)(F)F)nc2)nn1. The number of ketones is 1. The van der Waals surface area contributed by atoms with Crippen LogP contribution in [0.25, 0.3) is 0 Å². The normalized spacial score (nSPS) is 18.9. The standard InChI is InChI=1S/C28H28F3N5O3/c1-15(2)18-7-9-19(10-8-18)26(37)23-24(33-16(3)4)27(38)36(21-12-6-17(5)34-35-21)25(23)20-11-13-22(32-14-20)39-28(29,30)31/h6-16,23,25H,1-5H3. The van der Waals surface area contributed by atoms with Crippen molar-refractivity contribution in [3.05, 3.63) is 77.1 Å². The van der Waals surface area contributed by atoms with Gasteiger partial charge in [0.1, 0.15) is 5.71 Å². The Morgan fingerprint density at radius 3 is 2.21 bits per heavy atom. The van der Waals surface area contributed by atoms with Gasteiger partial charge in [-0.2, -0.15) is 5.10 Å². The number of aliphatic imine (C=N–C) groups is 1. The van der Waals surface area contributed by atoms with Crippen molar-refractivity contribution in [2.24, 2.45) is 10.9 Å². The lowest BCUT2D eigenvalue weighted by molar-refractivity contribution is -0.276. The summed E-state index contributed by atoms with van der Waals surface area (Å²) >= 11 is 0. The Morgan fingerprint density at radius 2 is 1.69 bits per heavy atom. The molecule has 1 amide bonds. The van der Waals surface area contributed by atoms with Crippen LogP contribution in [0, 0.1) is 12.8 Å². The van der Waals surface area contributed by atoms with Crippen LogP contribution in [0.4, 0.5) is 19.0 Å². The van der Waals surface area contributed by atoms with E-state index in [0.717, 1.165) is 17.8 Å². The number of carbonyl (C=O) groups excluding carboxylic acids is 2. The average molecular weight is 540 g/mol. The number of amides is 1. The molecular formula is C28H28F3N5O3. The number of aromatic nitrogens is 3. The number of rotatable bonds is 7. The molecule has 4 rings (SSSR count). The summed E-state index contributed by atoms with van der Waals surface area (Å²) in [6.45, 7) is 9.38. The minimum Gasteiger partial charge on any atom is -0.388 e. The van der Waals surface area contributed by atoms with Gasteiger partial charge in [-0.3, -0.25) is 19.5 Å². The number of anilines is 1. The van der Waals surface area contributed by atoms with Crippen LogP contribution in [0.5, 0.6) is 5.88 Å². The molecule has 2 aromatic heterocycles. The number of ether oxygens (including phenoxy) is 1. The van der Waals surface area contributed by atoms with Gasteiger partial charge < -0.3 is 4.74 Å². The van der Waals surface area contributed by atoms with Crippen molar-refractivity contribution in [3.8, 4) is 5.88 Å². The van der Waals surface area contributed by atoms with Crippen LogP contribution in [-0.4, -0.2) is 45.0 Å². The van der Waals surface area contributed by atoms with Gasteiger partial charge in [0, 0.05) is 23.9 Å². The summed E-state index contributed by atoms with van der Waals surface area (Å²) in [5.74, 6) is -2.22. The minimum absolute atomic E-state index is 0.0333. The van der Waals surface area contributed by atoms with E-state index in [-0.39, 0.29) is 29.3 Å². The lowest BCUT2D eigenvalue weighted by Crippen LogP contribution is -2.31. The zero-order chi connectivity index (χ0) is 28.5. The molecular weight excluding hydrogens is 511 g/mol. The molecule has 204 valence electrons. The predicted molar refractivity (Wildman–Crippen MR) is 139 cm³/mol. The molecule has 39 heavy (non-hydrogen) atoms. The molecule has 8 nitrogen and oxygen atoms in total. The van der Waals surface area contributed by atoms with Gasteiger partial charge in [0.15, 0.2) is 11.6 Å². The van der Waals surface area contributed by atoms with E-state index in [0.29, 0.717) is 16.8 Å². The minimum atomic E-state index is -4.92. The molecule has 1 aromatic carbocycles. The Hall–Kier alpha value is -4.15. The van der Waals surface area contributed by atoms with Crippen molar-refractivity contribution in [2.75, 3.05) is 4.90 Å². The number of benzene rings is 1. The maximum absolute atomic E-state index is 14.0. The molecule has 1 fully saturated rings. The molecule has 0 aliphatic carbocycles. The second-order valence-electron chi connectivity index (χ2n) is 9.86. The summed E-state index contributed by atoms with van der Waals surface area (Å²) < 4.78 is 42.1. The van der Waals surface area contributed by atoms with E-state index in [2.05, 4.69) is 24.9 Å². The maximum Gasteiger partial charge on any atom is 0.574 e. The quantitative estimate of drug-likeness (QED) is 0.361. The van der Waals surface area contributed by atoms with E-state index >= 15 is 0 Å². The summed E-state index contributed by atoms with van der Waals surface area (Å²) in [5.41, 5.74) is 2.38. The number of hydrogen-bond acceptors (Lipinski definition) is 7. The van der Waals surface area contributed by atoms with E-state index < -0.39 is 30.1 Å². The zero-order valence-corrected chi connectivity index (χ0v) is 22.1. The van der Waals surface area contributed by atoms with Gasteiger partial charge >= 0.3 is 6.36 Å². The predicted octanol–water partition coefficient (Wildman–Crippen LogP) is 5.64. The van der Waals surface area contributed by atoms with Gasteiger partial charge in [0.25, 0.3) is 5.91 Å². The maximum atomic E-state index is 14.0. The van der Waals surface area contributed by atoms with Gasteiger partial charge in [-0.1, -0.05) is 38.1 Å². The van der Waals surface area contributed by atoms with Crippen LogP contribution >= 0.6 is 0 Å². The fourth-order valence-corrected chi connectivity index (χ4v) is 4.43. The van der Waals surface area contributed by atoms with Gasteiger partial charge in [-0.15, -0.1) is 18.3 Å². The molecule has 0 saturated carbocycles. The molecule has 0 spiro atoms. The first kappa shape index (κ1) is 27.9. The van der Waals surface area contributed by atoms with Crippen molar-refractivity contribution in [1.82, 2.24) is 15.2 Å². The average Bonchev–Trinajstić information content (AvgIpc) is 3.15. The Kier molecular flexibility index (Phi) is 7.80. The molecule has 3 aromatic rings. The Bertz CT molecular complexity index is 1370. The highest BCUT2D eigenvalue weighted by atomic mass is 19.4. The van der Waals surface area contributed by atoms with Crippen molar-refractivity contribution in [3.63, 3.8) is 0 Å². The molecule has 1 aliphatic rings. The summed E-state index contributed by atoms with van der Waals surface area (Å²) in [4.78, 5) is 37.5. The van der Waals surface area contributed by atoms with E-state index in [1.807, 2.05) is 26.0 Å². The highest BCUT2D eigenvalue weighted by Gasteiger charge is 2.51. The summed E-state index contributed by atoms with van der Waals surface area (Å²) in [7, 11) is 0. The van der Waals surface area contributed by atoms with Gasteiger partial charge in [0.05, 0.1) is 17.7 Å². The number of hydrogen-bond donors (Lipinski definition) is 0. The molecule has 0 bridgehead atoms. The van der Waals surface area contributed by atoms with E-state index in [4.69, 9.17) is 0 Å². The molecule has 1 saturated heterocycles. The smallest absolute Gasteiger partial charge is 0.388 e. The van der Waals surface area contributed by atoms with E-state index in [1.165, 1.54) is 11.0 Å². The highest BCUT2D eigenvalue weighted by Crippen LogP contribution is 2.41. The second-order valence-corrected chi connectivity index (χ2v) is 9.86. The Labute approximate surface area is 223 Å². The van der Waals surface area contributed by atoms with Crippen LogP contribution in [0.1, 0.15) is 66.8 Å². The third-order valence-corrected chi connectivity index (χ3v) is 6.22. The molecule has 2 atom stereocenters. The highest BCUT2D eigenvalue weighted by molar-refractivity contribution is 6.51. The van der Waals surface area contributed by atoms with Crippen LogP contribution in [0.2, 0.25) is 0 Å². The van der Waals surface area contributed by atoms with Crippen molar-refractivity contribution in [1.29, 1.82) is 0 Å². The van der Waals surface area contributed by atoms with Crippen LogP contribution in [0.15, 0.2) is 59.7 Å². The molecule has 0 N–H and O–H groups in total. The number of nitrogens with zero attached hydrogens (tertiary/aromatic N) is 5. The lowest BCUT2D eigenvalue weighted by atomic mass is 9.85. The van der Waals surface area contributed by atoms with Crippen LogP contribution in [-0.2, 0) is 4.79 Å². The largest absolute Gasteiger partial charge is 0.574 e. The monoisotopic (exact) mass is 539 g/mol. The molecule has 0 radical (unpaired) electrons. The fraction of sp³-hybridized carbons (Fsp3) is 0.357. The summed E-state index contributed by atoms with van der Waals surface area (Å²) in [5, 5.41) is 8.21. The van der Waals surface area contributed by atoms with Crippen LogP contribution in [0.3, 0.4) is 0 Å². The zero-order valence-electron chi connectivity index (χ0n) is 22.1. The molecule has 3 heterocycles. The number of halogens is 3. The van der Waals surface area contributed by atoms with Gasteiger partial charge in [-0.05, 0) is 56.0 Å². The summed E-state index contributed by atoms with van der Waals surface area (Å²) in [6.07, 6.45) is -3.76. The Balaban J connectivity index is 1.87. The first-order chi connectivity index (χ1) is 18.4. The van der Waals surface area contributed by atoms with Crippen molar-refractivity contribution in [2.45, 2.75) is 59.0 Å². The van der Waals surface area contributed by atoms with Gasteiger partial charge in [-0.25, -0.2) is 4.98 Å². The van der Waals surface area contributed by atoms with E-state index in [1.54, 1.807) is 45.0 Å². The first-order valence-electron chi connectivity index (χ1n) is 12.4. The number of alkyl halides is 3. The van der Waals surface area contributed by atoms with Crippen molar-refractivity contribution >= 4 is 23.2 Å². The Morgan fingerprint density at radius 1 is 1.00 bits per heavy atom. The van der Waals surface area contributed by atoms with Gasteiger partial charge in [0.2, 0.25) is 5.88 Å². The second kappa shape index (κ2) is 10.9. The topological polar surface area (TPSA) is 97.6 Å². The first-order valence-corrected chi connectivity index (χ1v) is 12.4. The molecule has 11 heteroatoms. The third kappa shape index (κ3) is 6.13. The third-order valence-electron chi connectivity index (χ3n) is 6.22. The number of aryl methyl sites for hydroxylation is 1. The lowest BCUT2D eigenvalue weighted by Gasteiger charge is -2.26. The number of carbonyl (C=O) groups is 2. The van der Waals surface area contributed by atoms with E-state index in [9.17, 15) is 22.8 Å². The fourth-order valence-electron chi connectivity index (χ4n) is 4.43. The number of Topliss-reactive ketones (excluding diaryl/α,β-unsaturated/α-hetero) is 1. The molecule has 1 aliphatic heterocycles. The molecule has 2 unspecified atom stereocenters.